The van der Waals surface area contributed by atoms with Crippen LogP contribution in [-0.2, 0) is 0 Å². The van der Waals surface area contributed by atoms with E-state index in [1.54, 1.807) is 0 Å². The SMILES string of the molecule is CCC1CCN(CC(N)c2ccc3c(c2)OCCCO3)C1. The minimum Gasteiger partial charge on any atom is -0.490 e. The highest BCUT2D eigenvalue weighted by molar-refractivity contribution is 5.44. The van der Waals surface area contributed by atoms with Crippen LogP contribution >= 0.6 is 0 Å². The zero-order chi connectivity index (χ0) is 14.7. The van der Waals surface area contributed by atoms with Gasteiger partial charge < -0.3 is 20.1 Å². The van der Waals surface area contributed by atoms with Crippen LogP contribution in [0.1, 0.15) is 37.8 Å². The van der Waals surface area contributed by atoms with Crippen molar-refractivity contribution in [2.24, 2.45) is 11.7 Å². The maximum Gasteiger partial charge on any atom is 0.161 e. The molecule has 0 aliphatic carbocycles. The summed E-state index contributed by atoms with van der Waals surface area (Å²) in [6.07, 6.45) is 3.52. The van der Waals surface area contributed by atoms with Crippen LogP contribution in [0.3, 0.4) is 0 Å². The molecule has 2 heterocycles. The molecule has 2 atom stereocenters. The summed E-state index contributed by atoms with van der Waals surface area (Å²) in [5.74, 6) is 2.53. The molecule has 116 valence electrons. The lowest BCUT2D eigenvalue weighted by molar-refractivity contribution is 0.296. The quantitative estimate of drug-likeness (QED) is 0.926. The molecule has 2 unspecified atom stereocenters. The Labute approximate surface area is 127 Å². The fourth-order valence-corrected chi connectivity index (χ4v) is 3.21. The van der Waals surface area contributed by atoms with Gasteiger partial charge in [-0.15, -0.1) is 0 Å². The van der Waals surface area contributed by atoms with E-state index in [0.717, 1.165) is 49.2 Å². The molecule has 21 heavy (non-hydrogen) atoms. The van der Waals surface area contributed by atoms with Crippen LogP contribution in [0.5, 0.6) is 11.5 Å². The van der Waals surface area contributed by atoms with Crippen molar-refractivity contribution in [2.45, 2.75) is 32.2 Å². The minimum absolute atomic E-state index is 0.0396. The third-order valence-electron chi connectivity index (χ3n) is 4.60. The molecule has 2 N–H and O–H groups in total. The number of fused-ring (bicyclic) bond motifs is 1. The molecule has 0 spiro atoms. The van der Waals surface area contributed by atoms with Crippen LogP contribution in [0.15, 0.2) is 18.2 Å². The van der Waals surface area contributed by atoms with Gasteiger partial charge in [-0.1, -0.05) is 19.4 Å². The molecule has 1 aromatic carbocycles. The topological polar surface area (TPSA) is 47.7 Å². The van der Waals surface area contributed by atoms with Gasteiger partial charge in [0.05, 0.1) is 13.2 Å². The summed E-state index contributed by atoms with van der Waals surface area (Å²) >= 11 is 0. The lowest BCUT2D eigenvalue weighted by Crippen LogP contribution is -2.30. The number of benzene rings is 1. The first-order chi connectivity index (χ1) is 10.3. The van der Waals surface area contributed by atoms with Crippen LogP contribution < -0.4 is 15.2 Å². The summed E-state index contributed by atoms with van der Waals surface area (Å²) in [5.41, 5.74) is 7.53. The number of hydrogen-bond donors (Lipinski definition) is 1. The Hall–Kier alpha value is -1.26. The first kappa shape index (κ1) is 14.7. The van der Waals surface area contributed by atoms with E-state index in [9.17, 15) is 0 Å². The predicted octanol–water partition coefficient (Wildman–Crippen LogP) is 2.58. The average Bonchev–Trinajstić information content (AvgIpc) is 2.82. The van der Waals surface area contributed by atoms with Gasteiger partial charge >= 0.3 is 0 Å². The molecule has 0 amide bonds. The Morgan fingerprint density at radius 1 is 1.29 bits per heavy atom. The molecule has 2 aliphatic rings. The van der Waals surface area contributed by atoms with Crippen molar-refractivity contribution in [2.75, 3.05) is 32.8 Å². The molecule has 4 heteroatoms. The van der Waals surface area contributed by atoms with E-state index in [4.69, 9.17) is 15.2 Å². The Morgan fingerprint density at radius 2 is 2.10 bits per heavy atom. The Kier molecular flexibility index (Phi) is 4.66. The van der Waals surface area contributed by atoms with Gasteiger partial charge in [0.1, 0.15) is 0 Å². The van der Waals surface area contributed by atoms with Gasteiger partial charge in [-0.2, -0.15) is 0 Å². The van der Waals surface area contributed by atoms with Gasteiger partial charge in [0.25, 0.3) is 0 Å². The molecular formula is C17H26N2O2. The Bertz CT molecular complexity index is 478. The van der Waals surface area contributed by atoms with Gasteiger partial charge in [-0.3, -0.25) is 0 Å². The zero-order valence-electron chi connectivity index (χ0n) is 12.9. The molecule has 1 aromatic rings. The van der Waals surface area contributed by atoms with Crippen molar-refractivity contribution < 1.29 is 9.47 Å². The van der Waals surface area contributed by atoms with E-state index in [-0.39, 0.29) is 6.04 Å². The van der Waals surface area contributed by atoms with E-state index >= 15 is 0 Å². The zero-order valence-corrected chi connectivity index (χ0v) is 12.9. The summed E-state index contributed by atoms with van der Waals surface area (Å²) in [4.78, 5) is 2.49. The summed E-state index contributed by atoms with van der Waals surface area (Å²) in [5, 5.41) is 0. The lowest BCUT2D eigenvalue weighted by Gasteiger charge is -2.21. The monoisotopic (exact) mass is 290 g/mol. The lowest BCUT2D eigenvalue weighted by atomic mass is 10.1. The summed E-state index contributed by atoms with van der Waals surface area (Å²) < 4.78 is 11.4. The molecule has 2 aliphatic heterocycles. The van der Waals surface area contributed by atoms with Gasteiger partial charge in [0.2, 0.25) is 0 Å². The third kappa shape index (κ3) is 3.50. The summed E-state index contributed by atoms with van der Waals surface area (Å²) in [7, 11) is 0. The number of ether oxygens (including phenoxy) is 2. The minimum atomic E-state index is 0.0396. The molecule has 0 aromatic heterocycles. The number of hydrogen-bond acceptors (Lipinski definition) is 4. The molecular weight excluding hydrogens is 264 g/mol. The standard InChI is InChI=1S/C17H26N2O2/c1-2-13-6-7-19(11-13)12-15(18)14-4-5-16-17(10-14)21-9-3-8-20-16/h4-5,10,13,15H,2-3,6-9,11-12,18H2,1H3. The van der Waals surface area contributed by atoms with Crippen LogP contribution in [0.4, 0.5) is 0 Å². The Morgan fingerprint density at radius 3 is 2.86 bits per heavy atom. The number of likely N-dealkylation sites (tertiary alicyclic amines) is 1. The van der Waals surface area contributed by atoms with E-state index < -0.39 is 0 Å². The molecule has 0 saturated carbocycles. The highest BCUT2D eigenvalue weighted by Gasteiger charge is 2.23. The first-order valence-corrected chi connectivity index (χ1v) is 8.13. The smallest absolute Gasteiger partial charge is 0.161 e. The van der Waals surface area contributed by atoms with Crippen molar-refractivity contribution in [1.29, 1.82) is 0 Å². The number of nitrogens with two attached hydrogens (primary N) is 1. The first-order valence-electron chi connectivity index (χ1n) is 8.13. The van der Waals surface area contributed by atoms with Crippen molar-refractivity contribution in [3.63, 3.8) is 0 Å². The third-order valence-corrected chi connectivity index (χ3v) is 4.60. The summed E-state index contributed by atoms with van der Waals surface area (Å²) in [6, 6.07) is 6.16. The fraction of sp³-hybridized carbons (Fsp3) is 0.647. The normalized spacial score (nSPS) is 23.8. The maximum absolute atomic E-state index is 6.40. The Balaban J connectivity index is 1.64. The van der Waals surface area contributed by atoms with Crippen LogP contribution in [-0.4, -0.2) is 37.7 Å². The van der Waals surface area contributed by atoms with Crippen LogP contribution in [0.2, 0.25) is 0 Å². The second-order valence-corrected chi connectivity index (χ2v) is 6.19. The average molecular weight is 290 g/mol. The van der Waals surface area contributed by atoms with Gasteiger partial charge in [-0.05, 0) is 36.6 Å². The van der Waals surface area contributed by atoms with Crippen molar-refractivity contribution in [3.05, 3.63) is 23.8 Å². The highest BCUT2D eigenvalue weighted by Crippen LogP contribution is 2.32. The molecule has 3 rings (SSSR count). The maximum atomic E-state index is 6.40. The molecule has 0 radical (unpaired) electrons. The van der Waals surface area contributed by atoms with Crippen molar-refractivity contribution >= 4 is 0 Å². The van der Waals surface area contributed by atoms with Gasteiger partial charge in [-0.25, -0.2) is 0 Å². The highest BCUT2D eigenvalue weighted by atomic mass is 16.5. The van der Waals surface area contributed by atoms with E-state index in [0.29, 0.717) is 0 Å². The van der Waals surface area contributed by atoms with E-state index in [1.807, 2.05) is 6.07 Å². The largest absolute Gasteiger partial charge is 0.490 e. The second-order valence-electron chi connectivity index (χ2n) is 6.19. The van der Waals surface area contributed by atoms with Crippen molar-refractivity contribution in [1.82, 2.24) is 4.90 Å². The fourth-order valence-electron chi connectivity index (χ4n) is 3.21. The summed E-state index contributed by atoms with van der Waals surface area (Å²) in [6.45, 7) is 7.01. The van der Waals surface area contributed by atoms with Crippen molar-refractivity contribution in [3.8, 4) is 11.5 Å². The van der Waals surface area contributed by atoms with E-state index in [1.165, 1.54) is 25.9 Å². The molecule has 4 nitrogen and oxygen atoms in total. The van der Waals surface area contributed by atoms with Crippen LogP contribution in [0.25, 0.3) is 0 Å². The molecule has 0 bridgehead atoms. The molecule has 1 saturated heterocycles. The van der Waals surface area contributed by atoms with Crippen LogP contribution in [0, 0.1) is 5.92 Å². The van der Waals surface area contributed by atoms with Gasteiger partial charge in [0.15, 0.2) is 11.5 Å². The number of rotatable bonds is 4. The molecule has 1 fully saturated rings. The van der Waals surface area contributed by atoms with Gasteiger partial charge in [0, 0.05) is 25.6 Å². The van der Waals surface area contributed by atoms with E-state index in [2.05, 4.69) is 24.0 Å². The predicted molar refractivity (Wildman–Crippen MR) is 83.8 cm³/mol. The second kappa shape index (κ2) is 6.67. The number of nitrogens with zero attached hydrogens (tertiary/aromatic N) is 1.